The van der Waals surface area contributed by atoms with Crippen molar-refractivity contribution in [2.45, 2.75) is 0 Å². The van der Waals surface area contributed by atoms with Crippen LogP contribution in [-0.4, -0.2) is 10.2 Å². The summed E-state index contributed by atoms with van der Waals surface area (Å²) in [7, 11) is 0. The molecule has 0 amide bonds. The third-order valence-electron chi connectivity index (χ3n) is 1.70. The molecular weight excluding hydrogens is 188 g/mol. The number of anilines is 2. The highest BCUT2D eigenvalue weighted by atomic mass is 19.2. The van der Waals surface area contributed by atoms with Gasteiger partial charge >= 0.3 is 0 Å². The Balaban J connectivity index is 2.22. The predicted octanol–water partition coefficient (Wildman–Crippen LogP) is 2.43. The van der Waals surface area contributed by atoms with Crippen molar-refractivity contribution in [1.82, 2.24) is 10.2 Å². The van der Waals surface area contributed by atoms with Gasteiger partial charge in [0.15, 0.2) is 11.6 Å². The molecule has 72 valence electrons. The summed E-state index contributed by atoms with van der Waals surface area (Å²) >= 11 is 0. The first-order chi connectivity index (χ1) is 6.75. The number of aromatic amines is 1. The molecule has 0 unspecified atom stereocenters. The van der Waals surface area contributed by atoms with E-state index in [0.29, 0.717) is 11.5 Å². The molecule has 14 heavy (non-hydrogen) atoms. The molecule has 2 N–H and O–H groups in total. The second-order valence-corrected chi connectivity index (χ2v) is 2.72. The van der Waals surface area contributed by atoms with Crippen molar-refractivity contribution >= 4 is 11.5 Å². The fourth-order valence-corrected chi connectivity index (χ4v) is 1.05. The van der Waals surface area contributed by atoms with Gasteiger partial charge in [-0.15, -0.1) is 0 Å². The van der Waals surface area contributed by atoms with E-state index in [-0.39, 0.29) is 0 Å². The highest BCUT2D eigenvalue weighted by Gasteiger charge is 2.02. The lowest BCUT2D eigenvalue weighted by molar-refractivity contribution is 0.509. The van der Waals surface area contributed by atoms with Gasteiger partial charge in [-0.25, -0.2) is 8.78 Å². The molecule has 0 saturated heterocycles. The van der Waals surface area contributed by atoms with Crippen molar-refractivity contribution in [2.75, 3.05) is 5.32 Å². The highest BCUT2D eigenvalue weighted by Crippen LogP contribution is 2.16. The van der Waals surface area contributed by atoms with Crippen LogP contribution in [0.5, 0.6) is 0 Å². The summed E-state index contributed by atoms with van der Waals surface area (Å²) in [6, 6.07) is 5.27. The number of hydrogen-bond donors (Lipinski definition) is 2. The number of rotatable bonds is 2. The Labute approximate surface area is 78.8 Å². The molecule has 0 aliphatic carbocycles. The molecule has 0 bridgehead atoms. The van der Waals surface area contributed by atoms with Crippen molar-refractivity contribution in [3.8, 4) is 0 Å². The molecule has 1 heterocycles. The predicted molar refractivity (Wildman–Crippen MR) is 48.2 cm³/mol. The van der Waals surface area contributed by atoms with E-state index in [0.717, 1.165) is 12.1 Å². The normalized spacial score (nSPS) is 10.1. The Morgan fingerprint density at radius 3 is 2.64 bits per heavy atom. The van der Waals surface area contributed by atoms with Crippen molar-refractivity contribution in [1.29, 1.82) is 0 Å². The SMILES string of the molecule is Fc1ccc(Nc2ccn[nH]2)cc1F. The Kier molecular flexibility index (Phi) is 2.14. The van der Waals surface area contributed by atoms with E-state index < -0.39 is 11.6 Å². The zero-order chi connectivity index (χ0) is 9.97. The molecule has 0 spiro atoms. The van der Waals surface area contributed by atoms with Gasteiger partial charge in [0.2, 0.25) is 0 Å². The molecule has 0 fully saturated rings. The molecule has 0 aliphatic heterocycles. The van der Waals surface area contributed by atoms with Gasteiger partial charge in [0.05, 0.1) is 6.20 Å². The zero-order valence-electron chi connectivity index (χ0n) is 7.09. The maximum Gasteiger partial charge on any atom is 0.160 e. The summed E-state index contributed by atoms with van der Waals surface area (Å²) in [5, 5.41) is 9.17. The summed E-state index contributed by atoms with van der Waals surface area (Å²) < 4.78 is 25.3. The minimum absolute atomic E-state index is 0.466. The molecule has 0 saturated carbocycles. The van der Waals surface area contributed by atoms with Gasteiger partial charge < -0.3 is 5.32 Å². The van der Waals surface area contributed by atoms with Crippen LogP contribution in [0.3, 0.4) is 0 Å². The number of nitrogens with zero attached hydrogens (tertiary/aromatic N) is 1. The van der Waals surface area contributed by atoms with E-state index in [9.17, 15) is 8.78 Å². The van der Waals surface area contributed by atoms with Crippen LogP contribution >= 0.6 is 0 Å². The molecule has 1 aromatic heterocycles. The average molecular weight is 195 g/mol. The first kappa shape index (κ1) is 8.68. The van der Waals surface area contributed by atoms with Gasteiger partial charge in [-0.3, -0.25) is 5.10 Å². The van der Waals surface area contributed by atoms with Crippen LogP contribution in [-0.2, 0) is 0 Å². The fourth-order valence-electron chi connectivity index (χ4n) is 1.05. The van der Waals surface area contributed by atoms with Crippen LogP contribution in [0, 0.1) is 11.6 Å². The summed E-state index contributed by atoms with van der Waals surface area (Å²) in [6.07, 6.45) is 1.56. The fraction of sp³-hybridized carbons (Fsp3) is 0. The average Bonchev–Trinajstić information content (AvgIpc) is 2.64. The van der Waals surface area contributed by atoms with Crippen LogP contribution in [0.1, 0.15) is 0 Å². The van der Waals surface area contributed by atoms with Gasteiger partial charge in [0, 0.05) is 17.8 Å². The smallest absolute Gasteiger partial charge is 0.160 e. The third-order valence-corrected chi connectivity index (χ3v) is 1.70. The number of aromatic nitrogens is 2. The number of benzene rings is 1. The minimum atomic E-state index is -0.880. The van der Waals surface area contributed by atoms with E-state index in [1.165, 1.54) is 6.07 Å². The molecule has 0 atom stereocenters. The first-order valence-corrected chi connectivity index (χ1v) is 3.97. The third kappa shape index (κ3) is 1.71. The Morgan fingerprint density at radius 1 is 1.14 bits per heavy atom. The lowest BCUT2D eigenvalue weighted by atomic mass is 10.3. The van der Waals surface area contributed by atoms with Crippen molar-refractivity contribution in [3.05, 3.63) is 42.1 Å². The van der Waals surface area contributed by atoms with E-state index in [2.05, 4.69) is 15.5 Å². The van der Waals surface area contributed by atoms with Gasteiger partial charge in [0.25, 0.3) is 0 Å². The Bertz CT molecular complexity index is 426. The second-order valence-electron chi connectivity index (χ2n) is 2.72. The number of halogens is 2. The van der Waals surface area contributed by atoms with Crippen LogP contribution in [0.25, 0.3) is 0 Å². The van der Waals surface area contributed by atoms with Crippen LogP contribution in [0.15, 0.2) is 30.5 Å². The quantitative estimate of drug-likeness (QED) is 0.772. The number of H-pyrrole nitrogens is 1. The van der Waals surface area contributed by atoms with Crippen LogP contribution in [0.2, 0.25) is 0 Å². The molecular formula is C9H7F2N3. The summed E-state index contributed by atoms with van der Waals surface area (Å²) in [4.78, 5) is 0. The Morgan fingerprint density at radius 2 is 2.00 bits per heavy atom. The lowest BCUT2D eigenvalue weighted by Gasteiger charge is -2.02. The van der Waals surface area contributed by atoms with Gasteiger partial charge in [0.1, 0.15) is 5.82 Å². The monoisotopic (exact) mass is 195 g/mol. The molecule has 5 heteroatoms. The van der Waals surface area contributed by atoms with E-state index in [4.69, 9.17) is 0 Å². The molecule has 2 rings (SSSR count). The van der Waals surface area contributed by atoms with Gasteiger partial charge in [-0.1, -0.05) is 0 Å². The van der Waals surface area contributed by atoms with Gasteiger partial charge in [-0.05, 0) is 12.1 Å². The van der Waals surface area contributed by atoms with E-state index >= 15 is 0 Å². The van der Waals surface area contributed by atoms with E-state index in [1.807, 2.05) is 0 Å². The summed E-state index contributed by atoms with van der Waals surface area (Å²) in [5.74, 6) is -1.12. The van der Waals surface area contributed by atoms with Crippen LogP contribution in [0.4, 0.5) is 20.3 Å². The van der Waals surface area contributed by atoms with Crippen LogP contribution < -0.4 is 5.32 Å². The number of hydrogen-bond acceptors (Lipinski definition) is 2. The molecule has 0 aliphatic rings. The van der Waals surface area contributed by atoms with E-state index in [1.54, 1.807) is 12.3 Å². The lowest BCUT2D eigenvalue weighted by Crippen LogP contribution is -1.92. The van der Waals surface area contributed by atoms with Crippen molar-refractivity contribution in [2.24, 2.45) is 0 Å². The maximum absolute atomic E-state index is 12.8. The maximum atomic E-state index is 12.8. The minimum Gasteiger partial charge on any atom is -0.341 e. The van der Waals surface area contributed by atoms with Crippen molar-refractivity contribution < 1.29 is 8.78 Å². The summed E-state index contributed by atoms with van der Waals surface area (Å²) in [5.41, 5.74) is 0.466. The number of nitrogens with one attached hydrogen (secondary N) is 2. The molecule has 2 aromatic rings. The van der Waals surface area contributed by atoms with Crippen molar-refractivity contribution in [3.63, 3.8) is 0 Å². The second kappa shape index (κ2) is 3.45. The zero-order valence-corrected chi connectivity index (χ0v) is 7.09. The first-order valence-electron chi connectivity index (χ1n) is 3.97. The largest absolute Gasteiger partial charge is 0.341 e. The summed E-state index contributed by atoms with van der Waals surface area (Å²) in [6.45, 7) is 0. The van der Waals surface area contributed by atoms with Gasteiger partial charge in [-0.2, -0.15) is 5.10 Å². The molecule has 1 aromatic carbocycles. The Hall–Kier alpha value is -1.91. The topological polar surface area (TPSA) is 40.7 Å². The molecule has 3 nitrogen and oxygen atoms in total. The standard InChI is InChI=1S/C9H7F2N3/c10-7-2-1-6(5-8(7)11)13-9-3-4-12-14-9/h1-5H,(H2,12,13,14). The molecule has 0 radical (unpaired) electrons. The highest BCUT2D eigenvalue weighted by molar-refractivity contribution is 5.55.